The van der Waals surface area contributed by atoms with E-state index in [0.717, 1.165) is 24.8 Å². The van der Waals surface area contributed by atoms with Gasteiger partial charge in [0.25, 0.3) is 5.91 Å². The molecular formula is C22H27FN2O3. The van der Waals surface area contributed by atoms with Crippen LogP contribution in [0, 0.1) is 29.0 Å². The number of carbonyl (C=O) groups excluding carboxylic acids is 1. The number of carboxylic acids is 1. The fourth-order valence-corrected chi connectivity index (χ4v) is 6.72. The van der Waals surface area contributed by atoms with Crippen LogP contribution in [0.3, 0.4) is 0 Å². The van der Waals surface area contributed by atoms with Crippen LogP contribution in [0.25, 0.3) is 0 Å². The quantitative estimate of drug-likeness (QED) is 0.861. The van der Waals surface area contributed by atoms with Gasteiger partial charge in [-0.2, -0.15) is 5.01 Å². The Morgan fingerprint density at radius 1 is 1.14 bits per heavy atom. The van der Waals surface area contributed by atoms with Crippen LogP contribution >= 0.6 is 0 Å². The van der Waals surface area contributed by atoms with E-state index in [9.17, 15) is 19.1 Å². The smallest absolute Gasteiger partial charge is 0.309 e. The van der Waals surface area contributed by atoms with Crippen LogP contribution < -0.4 is 0 Å². The molecule has 4 bridgehead atoms. The number of nitrogens with zero attached hydrogens (tertiary/aromatic N) is 2. The van der Waals surface area contributed by atoms with Gasteiger partial charge < -0.3 is 5.11 Å². The highest BCUT2D eigenvalue weighted by atomic mass is 19.1. The van der Waals surface area contributed by atoms with Gasteiger partial charge >= 0.3 is 5.97 Å². The molecule has 5 nitrogen and oxygen atoms in total. The van der Waals surface area contributed by atoms with E-state index in [1.807, 2.05) is 18.9 Å². The van der Waals surface area contributed by atoms with Gasteiger partial charge in [-0.05, 0) is 81.4 Å². The molecule has 4 saturated carbocycles. The Hall–Kier alpha value is -1.95. The van der Waals surface area contributed by atoms with Gasteiger partial charge in [0.1, 0.15) is 11.4 Å². The number of carboxylic acid groups (broad SMARTS) is 1. The minimum absolute atomic E-state index is 0.102. The second-order valence-corrected chi connectivity index (χ2v) is 9.94. The predicted molar refractivity (Wildman–Crippen MR) is 100 cm³/mol. The monoisotopic (exact) mass is 386 g/mol. The molecule has 1 aliphatic heterocycles. The highest BCUT2D eigenvalue weighted by Gasteiger charge is 2.65. The molecule has 2 atom stereocenters. The van der Waals surface area contributed by atoms with Gasteiger partial charge in [-0.25, -0.2) is 4.39 Å². The molecule has 1 aromatic rings. The molecule has 6 rings (SSSR count). The second-order valence-electron chi connectivity index (χ2n) is 9.94. The van der Waals surface area contributed by atoms with E-state index in [4.69, 9.17) is 0 Å². The van der Waals surface area contributed by atoms with E-state index in [1.54, 1.807) is 12.1 Å². The highest BCUT2D eigenvalue weighted by molar-refractivity contribution is 5.90. The number of hydrogen-bond acceptors (Lipinski definition) is 3. The standard InChI is InChI=1S/C22H27FN2O3/c1-21(2)19(26)25(24(21)12-13-3-5-17(23)6-4-13)18-15-7-14-8-16(18)11-22(9-14,10-15)20(27)28/h3-6,14-16,18H,7-12H2,1-2H3,(H,27,28). The third-order valence-corrected chi connectivity index (χ3v) is 7.84. The Balaban J connectivity index is 1.43. The van der Waals surface area contributed by atoms with Crippen LogP contribution in [0.1, 0.15) is 51.5 Å². The summed E-state index contributed by atoms with van der Waals surface area (Å²) in [5.74, 6) is 0.218. The summed E-state index contributed by atoms with van der Waals surface area (Å²) in [4.78, 5) is 25.1. The van der Waals surface area contributed by atoms with Gasteiger partial charge in [0.15, 0.2) is 0 Å². The number of hydrazine groups is 1. The zero-order valence-corrected chi connectivity index (χ0v) is 16.4. The summed E-state index contributed by atoms with van der Waals surface area (Å²) in [6.45, 7) is 4.43. The zero-order chi connectivity index (χ0) is 19.8. The molecule has 1 heterocycles. The number of aliphatic carboxylic acids is 1. The van der Waals surface area contributed by atoms with Crippen LogP contribution in [-0.4, -0.2) is 38.6 Å². The first kappa shape index (κ1) is 18.1. The number of benzene rings is 1. The van der Waals surface area contributed by atoms with Crippen molar-refractivity contribution in [3.05, 3.63) is 35.6 Å². The predicted octanol–water partition coefficient (Wildman–Crippen LogP) is 3.44. The van der Waals surface area contributed by atoms with Gasteiger partial charge in [-0.1, -0.05) is 12.1 Å². The van der Waals surface area contributed by atoms with E-state index in [1.165, 1.54) is 12.1 Å². The molecule has 28 heavy (non-hydrogen) atoms. The fraction of sp³-hybridized carbons (Fsp3) is 0.636. The van der Waals surface area contributed by atoms with Gasteiger partial charge in [-0.15, -0.1) is 0 Å². The van der Waals surface area contributed by atoms with Gasteiger partial charge in [-0.3, -0.25) is 14.6 Å². The largest absolute Gasteiger partial charge is 0.481 e. The molecule has 0 spiro atoms. The maximum absolute atomic E-state index is 13.3. The minimum atomic E-state index is -0.649. The molecule has 5 aliphatic rings. The van der Waals surface area contributed by atoms with Crippen molar-refractivity contribution in [1.82, 2.24) is 10.0 Å². The summed E-state index contributed by atoms with van der Waals surface area (Å²) >= 11 is 0. The zero-order valence-electron chi connectivity index (χ0n) is 16.4. The molecule has 5 fully saturated rings. The lowest BCUT2D eigenvalue weighted by Gasteiger charge is -2.66. The molecule has 4 aliphatic carbocycles. The van der Waals surface area contributed by atoms with Crippen molar-refractivity contribution in [2.45, 2.75) is 64.1 Å². The van der Waals surface area contributed by atoms with Crippen molar-refractivity contribution in [2.75, 3.05) is 0 Å². The van der Waals surface area contributed by atoms with Gasteiger partial charge in [0.2, 0.25) is 0 Å². The van der Waals surface area contributed by atoms with E-state index < -0.39 is 16.9 Å². The Bertz CT molecular complexity index is 821. The first-order chi connectivity index (χ1) is 13.2. The van der Waals surface area contributed by atoms with Crippen molar-refractivity contribution in [1.29, 1.82) is 0 Å². The molecule has 1 amide bonds. The summed E-state index contributed by atoms with van der Waals surface area (Å²) in [6.07, 6.45) is 4.25. The van der Waals surface area contributed by atoms with E-state index >= 15 is 0 Å². The van der Waals surface area contributed by atoms with Crippen LogP contribution in [-0.2, 0) is 16.1 Å². The first-order valence-electron chi connectivity index (χ1n) is 10.3. The minimum Gasteiger partial charge on any atom is -0.481 e. The maximum Gasteiger partial charge on any atom is 0.309 e. The molecule has 0 radical (unpaired) electrons. The third-order valence-electron chi connectivity index (χ3n) is 7.84. The van der Waals surface area contributed by atoms with Crippen molar-refractivity contribution in [2.24, 2.45) is 23.2 Å². The Morgan fingerprint density at radius 3 is 2.32 bits per heavy atom. The highest BCUT2D eigenvalue weighted by Crippen LogP contribution is 2.62. The van der Waals surface area contributed by atoms with Gasteiger partial charge in [0.05, 0.1) is 11.5 Å². The normalized spacial score (nSPS) is 38.5. The average molecular weight is 386 g/mol. The number of hydrogen-bond donors (Lipinski definition) is 1. The summed E-state index contributed by atoms with van der Waals surface area (Å²) in [5.41, 5.74) is -0.191. The van der Waals surface area contributed by atoms with Crippen LogP contribution in [0.15, 0.2) is 24.3 Å². The molecular weight excluding hydrogens is 359 g/mol. The molecule has 1 aromatic carbocycles. The maximum atomic E-state index is 13.3. The van der Waals surface area contributed by atoms with Crippen molar-refractivity contribution >= 4 is 11.9 Å². The van der Waals surface area contributed by atoms with E-state index in [-0.39, 0.29) is 29.6 Å². The van der Waals surface area contributed by atoms with Crippen LogP contribution in [0.2, 0.25) is 0 Å². The Kier molecular flexibility index (Phi) is 3.74. The van der Waals surface area contributed by atoms with Gasteiger partial charge in [0, 0.05) is 6.54 Å². The Labute approximate surface area is 164 Å². The number of amides is 1. The molecule has 150 valence electrons. The van der Waals surface area contributed by atoms with Crippen LogP contribution in [0.4, 0.5) is 4.39 Å². The van der Waals surface area contributed by atoms with E-state index in [2.05, 4.69) is 5.01 Å². The average Bonchev–Trinajstić information content (AvgIpc) is 2.64. The second kappa shape index (κ2) is 5.78. The number of halogens is 1. The summed E-state index contributed by atoms with van der Waals surface area (Å²) in [6, 6.07) is 6.54. The molecule has 1 N–H and O–H groups in total. The molecule has 6 heteroatoms. The van der Waals surface area contributed by atoms with Crippen molar-refractivity contribution in [3.8, 4) is 0 Å². The lowest BCUT2D eigenvalue weighted by atomic mass is 9.47. The SMILES string of the molecule is CC1(C)C(=O)N(C2C3CC4CC2CC(C(=O)O)(C4)C3)N1Cc1ccc(F)cc1. The lowest BCUT2D eigenvalue weighted by molar-refractivity contribution is -0.257. The molecule has 2 unspecified atom stereocenters. The molecule has 0 aromatic heterocycles. The number of rotatable bonds is 4. The topological polar surface area (TPSA) is 60.9 Å². The molecule has 1 saturated heterocycles. The summed E-state index contributed by atoms with van der Waals surface area (Å²) in [5, 5.41) is 13.9. The van der Waals surface area contributed by atoms with E-state index in [0.29, 0.717) is 25.3 Å². The third kappa shape index (κ3) is 2.39. The van der Waals surface area contributed by atoms with Crippen molar-refractivity contribution < 1.29 is 19.1 Å². The summed E-state index contributed by atoms with van der Waals surface area (Å²) < 4.78 is 13.3. The number of carbonyl (C=O) groups is 2. The summed E-state index contributed by atoms with van der Waals surface area (Å²) in [7, 11) is 0. The van der Waals surface area contributed by atoms with Crippen LogP contribution in [0.5, 0.6) is 0 Å². The fourth-order valence-electron chi connectivity index (χ4n) is 6.72. The van der Waals surface area contributed by atoms with Crippen molar-refractivity contribution in [3.63, 3.8) is 0 Å². The first-order valence-corrected chi connectivity index (χ1v) is 10.3. The lowest BCUT2D eigenvalue weighted by Crippen LogP contribution is -2.79. The Morgan fingerprint density at radius 2 is 1.75 bits per heavy atom.